The molecule has 0 radical (unpaired) electrons. The van der Waals surface area contributed by atoms with Crippen molar-refractivity contribution in [2.75, 3.05) is 44.7 Å². The van der Waals surface area contributed by atoms with Crippen molar-refractivity contribution < 1.29 is 9.53 Å². The summed E-state index contributed by atoms with van der Waals surface area (Å²) in [6.07, 6.45) is 3.49. The molecule has 2 aromatic heterocycles. The van der Waals surface area contributed by atoms with Gasteiger partial charge in [-0.1, -0.05) is 0 Å². The maximum absolute atomic E-state index is 11.4. The van der Waals surface area contributed by atoms with E-state index in [1.54, 1.807) is 17.1 Å². The molecule has 0 atom stereocenters. The van der Waals surface area contributed by atoms with E-state index in [2.05, 4.69) is 19.9 Å². The Morgan fingerprint density at radius 3 is 2.50 bits per heavy atom. The Hall–Kier alpha value is -2.48. The number of nitrogens with zero attached hydrogens (tertiary/aromatic N) is 6. The predicted molar refractivity (Wildman–Crippen MR) is 89.3 cm³/mol. The van der Waals surface area contributed by atoms with Gasteiger partial charge in [-0.3, -0.25) is 14.7 Å². The fourth-order valence-electron chi connectivity index (χ4n) is 2.84. The quantitative estimate of drug-likeness (QED) is 0.759. The number of aromatic nitrogens is 4. The maximum Gasteiger partial charge on any atom is 0.319 e. The summed E-state index contributed by atoms with van der Waals surface area (Å²) < 4.78 is 6.52. The minimum absolute atomic E-state index is 0.199. The van der Waals surface area contributed by atoms with Gasteiger partial charge in [0.1, 0.15) is 5.82 Å². The maximum atomic E-state index is 11.4. The lowest BCUT2D eigenvalue weighted by Gasteiger charge is -2.34. The molecule has 2 aromatic rings. The number of anilines is 1. The second-order valence-corrected chi connectivity index (χ2v) is 5.91. The highest BCUT2D eigenvalue weighted by molar-refractivity contribution is 5.71. The van der Waals surface area contributed by atoms with Crippen molar-refractivity contribution in [1.82, 2.24) is 24.6 Å². The first-order valence-corrected chi connectivity index (χ1v) is 7.96. The van der Waals surface area contributed by atoms with Gasteiger partial charge < -0.3 is 9.64 Å². The Balaban J connectivity index is 1.69. The largest absolute Gasteiger partial charge is 0.468 e. The normalized spacial score (nSPS) is 15.5. The lowest BCUT2D eigenvalue weighted by Crippen LogP contribution is -2.48. The Morgan fingerprint density at radius 1 is 1.17 bits per heavy atom. The number of carbonyl (C=O) groups is 1. The molecule has 0 bridgehead atoms. The van der Waals surface area contributed by atoms with Crippen molar-refractivity contribution in [2.45, 2.75) is 13.8 Å². The molecular weight excluding hydrogens is 308 g/mol. The number of hydrogen-bond donors (Lipinski definition) is 0. The van der Waals surface area contributed by atoms with Crippen LogP contribution in [0, 0.1) is 13.8 Å². The lowest BCUT2D eigenvalue weighted by atomic mass is 10.3. The zero-order chi connectivity index (χ0) is 17.1. The van der Waals surface area contributed by atoms with Gasteiger partial charge in [0.05, 0.1) is 31.7 Å². The first-order valence-electron chi connectivity index (χ1n) is 7.96. The molecule has 0 saturated carbocycles. The van der Waals surface area contributed by atoms with E-state index in [4.69, 9.17) is 9.72 Å². The third-order valence-electron chi connectivity index (χ3n) is 4.11. The number of methoxy groups -OCH3 is 1. The van der Waals surface area contributed by atoms with Crippen LogP contribution in [0.2, 0.25) is 0 Å². The van der Waals surface area contributed by atoms with Gasteiger partial charge in [-0.2, -0.15) is 5.10 Å². The molecule has 1 aliphatic heterocycles. The van der Waals surface area contributed by atoms with E-state index in [-0.39, 0.29) is 5.97 Å². The van der Waals surface area contributed by atoms with Gasteiger partial charge in [0, 0.05) is 31.9 Å². The summed E-state index contributed by atoms with van der Waals surface area (Å²) >= 11 is 0. The zero-order valence-corrected chi connectivity index (χ0v) is 14.3. The minimum Gasteiger partial charge on any atom is -0.468 e. The molecule has 128 valence electrons. The molecule has 3 heterocycles. The van der Waals surface area contributed by atoms with Crippen molar-refractivity contribution in [3.63, 3.8) is 0 Å². The molecule has 8 heteroatoms. The summed E-state index contributed by atoms with van der Waals surface area (Å²) in [5.41, 5.74) is 1.98. The molecule has 0 amide bonds. The SMILES string of the molecule is COC(=O)CN1CCN(c2cncc(-n3nc(C)cc3C)n2)CC1. The summed E-state index contributed by atoms with van der Waals surface area (Å²) in [6.45, 7) is 7.48. The van der Waals surface area contributed by atoms with Crippen molar-refractivity contribution >= 4 is 11.8 Å². The van der Waals surface area contributed by atoms with Crippen molar-refractivity contribution in [3.8, 4) is 5.82 Å². The van der Waals surface area contributed by atoms with Crippen LogP contribution in [0.3, 0.4) is 0 Å². The van der Waals surface area contributed by atoms with Crippen LogP contribution in [0.5, 0.6) is 0 Å². The van der Waals surface area contributed by atoms with Crippen LogP contribution >= 0.6 is 0 Å². The Morgan fingerprint density at radius 2 is 1.88 bits per heavy atom. The number of aryl methyl sites for hydroxylation is 2. The van der Waals surface area contributed by atoms with Gasteiger partial charge in [-0.25, -0.2) is 9.67 Å². The van der Waals surface area contributed by atoms with E-state index in [0.717, 1.165) is 49.2 Å². The fourth-order valence-corrected chi connectivity index (χ4v) is 2.84. The molecule has 0 aromatic carbocycles. The van der Waals surface area contributed by atoms with Crippen LogP contribution < -0.4 is 4.90 Å². The molecule has 0 unspecified atom stereocenters. The highest BCUT2D eigenvalue weighted by Gasteiger charge is 2.20. The molecule has 1 aliphatic rings. The number of ether oxygens (including phenoxy) is 1. The second kappa shape index (κ2) is 6.96. The highest BCUT2D eigenvalue weighted by atomic mass is 16.5. The molecule has 3 rings (SSSR count). The molecule has 0 aliphatic carbocycles. The summed E-state index contributed by atoms with van der Waals surface area (Å²) in [4.78, 5) is 24.6. The van der Waals surface area contributed by atoms with Crippen molar-refractivity contribution in [2.24, 2.45) is 0 Å². The van der Waals surface area contributed by atoms with E-state index in [0.29, 0.717) is 6.54 Å². The van der Waals surface area contributed by atoms with E-state index in [1.165, 1.54) is 7.11 Å². The van der Waals surface area contributed by atoms with E-state index < -0.39 is 0 Å². The van der Waals surface area contributed by atoms with Crippen LogP contribution in [0.4, 0.5) is 5.82 Å². The molecule has 0 N–H and O–H groups in total. The number of rotatable bonds is 4. The smallest absolute Gasteiger partial charge is 0.319 e. The number of carbonyl (C=O) groups excluding carboxylic acids is 1. The first kappa shape index (κ1) is 16.4. The number of hydrogen-bond acceptors (Lipinski definition) is 7. The highest BCUT2D eigenvalue weighted by Crippen LogP contribution is 2.16. The van der Waals surface area contributed by atoms with Crippen LogP contribution in [0.1, 0.15) is 11.4 Å². The van der Waals surface area contributed by atoms with Gasteiger partial charge in [-0.15, -0.1) is 0 Å². The average Bonchev–Trinajstić information content (AvgIpc) is 2.94. The third kappa shape index (κ3) is 3.53. The molecule has 8 nitrogen and oxygen atoms in total. The predicted octanol–water partition coefficient (Wildman–Crippen LogP) is 0.574. The van der Waals surface area contributed by atoms with Crippen LogP contribution in [0.25, 0.3) is 5.82 Å². The van der Waals surface area contributed by atoms with Crippen LogP contribution in [-0.2, 0) is 9.53 Å². The summed E-state index contributed by atoms with van der Waals surface area (Å²) in [5, 5.41) is 4.46. The Bertz CT molecular complexity index is 721. The number of esters is 1. The summed E-state index contributed by atoms with van der Waals surface area (Å²) in [7, 11) is 1.42. The monoisotopic (exact) mass is 330 g/mol. The van der Waals surface area contributed by atoms with E-state index in [9.17, 15) is 4.79 Å². The lowest BCUT2D eigenvalue weighted by molar-refractivity contribution is -0.142. The third-order valence-corrected chi connectivity index (χ3v) is 4.11. The molecular formula is C16H22N6O2. The van der Waals surface area contributed by atoms with Crippen LogP contribution in [0.15, 0.2) is 18.5 Å². The second-order valence-electron chi connectivity index (χ2n) is 5.91. The Labute approximate surface area is 141 Å². The van der Waals surface area contributed by atoms with E-state index >= 15 is 0 Å². The van der Waals surface area contributed by atoms with Gasteiger partial charge >= 0.3 is 5.97 Å². The molecule has 1 fully saturated rings. The van der Waals surface area contributed by atoms with Crippen molar-refractivity contribution in [3.05, 3.63) is 29.8 Å². The van der Waals surface area contributed by atoms with Crippen LogP contribution in [-0.4, -0.2) is 70.5 Å². The first-order chi connectivity index (χ1) is 11.6. The average molecular weight is 330 g/mol. The van der Waals surface area contributed by atoms with Gasteiger partial charge in [0.2, 0.25) is 0 Å². The zero-order valence-electron chi connectivity index (χ0n) is 14.3. The molecule has 0 spiro atoms. The topological polar surface area (TPSA) is 76.4 Å². The minimum atomic E-state index is -0.199. The fraction of sp³-hybridized carbons (Fsp3) is 0.500. The van der Waals surface area contributed by atoms with Gasteiger partial charge in [0.25, 0.3) is 0 Å². The van der Waals surface area contributed by atoms with E-state index in [1.807, 2.05) is 19.9 Å². The standard InChI is InChI=1S/C16H22N6O2/c1-12-8-13(2)22(19-12)15-10-17-9-14(18-15)21-6-4-20(5-7-21)11-16(23)24-3/h8-10H,4-7,11H2,1-3H3. The Kier molecular flexibility index (Phi) is 4.75. The van der Waals surface area contributed by atoms with Crippen molar-refractivity contribution in [1.29, 1.82) is 0 Å². The van der Waals surface area contributed by atoms with Gasteiger partial charge in [-0.05, 0) is 19.9 Å². The summed E-state index contributed by atoms with van der Waals surface area (Å²) in [6, 6.07) is 2.01. The number of piperazine rings is 1. The summed E-state index contributed by atoms with van der Waals surface area (Å²) in [5.74, 6) is 1.35. The van der Waals surface area contributed by atoms with Gasteiger partial charge in [0.15, 0.2) is 5.82 Å². The molecule has 24 heavy (non-hydrogen) atoms. The molecule has 1 saturated heterocycles.